The number of nitriles is 1. The largest absolute Gasteiger partial charge is 0.311 e. The van der Waals surface area contributed by atoms with Gasteiger partial charge in [-0.2, -0.15) is 5.26 Å². The molecule has 0 fully saturated rings. The van der Waals surface area contributed by atoms with E-state index in [4.69, 9.17) is 0 Å². The minimum atomic E-state index is -0.0997. The number of pyridine rings is 2. The number of thioether (sulfide) groups is 1. The van der Waals surface area contributed by atoms with Crippen LogP contribution in [-0.4, -0.2) is 21.6 Å². The Hall–Kier alpha value is -2.39. The lowest BCUT2D eigenvalue weighted by Crippen LogP contribution is -2.13. The Labute approximate surface area is 146 Å². The minimum Gasteiger partial charge on any atom is -0.311 e. The number of carbonyl (C=O) groups is 1. The summed E-state index contributed by atoms with van der Waals surface area (Å²) in [6.45, 7) is 6.07. The van der Waals surface area contributed by atoms with Crippen molar-refractivity contribution in [3.63, 3.8) is 0 Å². The van der Waals surface area contributed by atoms with Gasteiger partial charge in [-0.1, -0.05) is 19.9 Å². The highest BCUT2D eigenvalue weighted by molar-refractivity contribution is 7.99. The van der Waals surface area contributed by atoms with Gasteiger partial charge in [-0.05, 0) is 36.6 Å². The first-order valence-electron chi connectivity index (χ1n) is 7.76. The normalized spacial score (nSPS) is 10.5. The molecule has 5 nitrogen and oxygen atoms in total. The highest BCUT2D eigenvalue weighted by Crippen LogP contribution is 2.24. The molecule has 0 aliphatic heterocycles. The number of amides is 1. The molecule has 0 spiro atoms. The second-order valence-corrected chi connectivity index (χ2v) is 6.81. The smallest absolute Gasteiger partial charge is 0.226 e. The zero-order valence-electron chi connectivity index (χ0n) is 14.0. The summed E-state index contributed by atoms with van der Waals surface area (Å²) >= 11 is 1.43. The maximum atomic E-state index is 12.0. The van der Waals surface area contributed by atoms with E-state index >= 15 is 0 Å². The quantitative estimate of drug-likeness (QED) is 0.807. The molecule has 2 aromatic rings. The molecule has 0 bridgehead atoms. The van der Waals surface area contributed by atoms with Gasteiger partial charge in [0, 0.05) is 24.1 Å². The SMILES string of the molecule is Cc1ccc(NC(=O)CCSc2nc(C(C)C)ccc2C#N)nc1. The molecule has 0 aliphatic carbocycles. The van der Waals surface area contributed by atoms with Crippen molar-refractivity contribution in [1.82, 2.24) is 9.97 Å². The molecule has 1 N–H and O–H groups in total. The van der Waals surface area contributed by atoms with Crippen LogP contribution < -0.4 is 5.32 Å². The fourth-order valence-corrected chi connectivity index (χ4v) is 2.88. The zero-order chi connectivity index (χ0) is 17.5. The maximum Gasteiger partial charge on any atom is 0.226 e. The Balaban J connectivity index is 1.91. The fraction of sp³-hybridized carbons (Fsp3) is 0.333. The lowest BCUT2D eigenvalue weighted by Gasteiger charge is -2.09. The van der Waals surface area contributed by atoms with Crippen LogP contribution in [0, 0.1) is 18.3 Å². The first-order valence-corrected chi connectivity index (χ1v) is 8.74. The number of anilines is 1. The molecule has 2 rings (SSSR count). The van der Waals surface area contributed by atoms with E-state index in [1.165, 1.54) is 11.8 Å². The molecule has 1 amide bonds. The number of hydrogen-bond acceptors (Lipinski definition) is 5. The summed E-state index contributed by atoms with van der Waals surface area (Å²) in [5.74, 6) is 1.31. The third-order valence-electron chi connectivity index (χ3n) is 3.34. The van der Waals surface area contributed by atoms with E-state index in [1.807, 2.05) is 19.1 Å². The molecular weight excluding hydrogens is 320 g/mol. The van der Waals surface area contributed by atoms with Crippen molar-refractivity contribution in [3.05, 3.63) is 47.3 Å². The molecular formula is C18H20N4OS. The maximum absolute atomic E-state index is 12.0. The van der Waals surface area contributed by atoms with E-state index in [0.717, 1.165) is 11.3 Å². The van der Waals surface area contributed by atoms with Crippen molar-refractivity contribution in [2.75, 3.05) is 11.1 Å². The summed E-state index contributed by atoms with van der Waals surface area (Å²) in [5, 5.41) is 12.6. The lowest BCUT2D eigenvalue weighted by molar-refractivity contribution is -0.115. The molecule has 0 radical (unpaired) electrons. The van der Waals surface area contributed by atoms with Crippen molar-refractivity contribution in [1.29, 1.82) is 5.26 Å². The average molecular weight is 340 g/mol. The van der Waals surface area contributed by atoms with Gasteiger partial charge in [-0.3, -0.25) is 4.79 Å². The predicted octanol–water partition coefficient (Wildman–Crippen LogP) is 3.90. The van der Waals surface area contributed by atoms with Crippen LogP contribution in [0.25, 0.3) is 0 Å². The molecule has 0 saturated carbocycles. The summed E-state index contributed by atoms with van der Waals surface area (Å²) in [6.07, 6.45) is 2.05. The van der Waals surface area contributed by atoms with Crippen molar-refractivity contribution < 1.29 is 4.79 Å². The van der Waals surface area contributed by atoms with Gasteiger partial charge in [0.05, 0.1) is 5.56 Å². The molecule has 0 unspecified atom stereocenters. The van der Waals surface area contributed by atoms with E-state index in [0.29, 0.717) is 34.5 Å². The summed E-state index contributed by atoms with van der Waals surface area (Å²) in [7, 11) is 0. The third-order valence-corrected chi connectivity index (χ3v) is 4.33. The predicted molar refractivity (Wildman–Crippen MR) is 96.0 cm³/mol. The second kappa shape index (κ2) is 8.46. The molecule has 0 atom stereocenters. The summed E-state index contributed by atoms with van der Waals surface area (Å²) in [5.41, 5.74) is 2.54. The highest BCUT2D eigenvalue weighted by Gasteiger charge is 2.10. The number of aryl methyl sites for hydroxylation is 1. The molecule has 2 aromatic heterocycles. The van der Waals surface area contributed by atoms with Crippen LogP contribution in [0.1, 0.15) is 43.0 Å². The van der Waals surface area contributed by atoms with E-state index in [2.05, 4.69) is 35.2 Å². The van der Waals surface area contributed by atoms with Crippen LogP contribution in [0.4, 0.5) is 5.82 Å². The third kappa shape index (κ3) is 5.07. The number of nitrogens with one attached hydrogen (secondary N) is 1. The van der Waals surface area contributed by atoms with E-state index in [9.17, 15) is 10.1 Å². The van der Waals surface area contributed by atoms with Crippen LogP contribution in [-0.2, 0) is 4.79 Å². The van der Waals surface area contributed by atoms with E-state index in [1.54, 1.807) is 18.3 Å². The zero-order valence-corrected chi connectivity index (χ0v) is 14.9. The van der Waals surface area contributed by atoms with Crippen LogP contribution >= 0.6 is 11.8 Å². The number of carbonyl (C=O) groups excluding carboxylic acids is 1. The first-order chi connectivity index (χ1) is 11.5. The second-order valence-electron chi connectivity index (χ2n) is 5.72. The molecule has 2 heterocycles. The van der Waals surface area contributed by atoms with Crippen molar-refractivity contribution in [2.24, 2.45) is 0 Å². The van der Waals surface area contributed by atoms with Crippen LogP contribution in [0.3, 0.4) is 0 Å². The Morgan fingerprint density at radius 2 is 2.12 bits per heavy atom. The summed E-state index contributed by atoms with van der Waals surface area (Å²) < 4.78 is 0. The molecule has 6 heteroatoms. The highest BCUT2D eigenvalue weighted by atomic mass is 32.2. The average Bonchev–Trinajstić information content (AvgIpc) is 2.56. The summed E-state index contributed by atoms with van der Waals surface area (Å²) in [4.78, 5) is 20.6. The Morgan fingerprint density at radius 3 is 2.75 bits per heavy atom. The van der Waals surface area contributed by atoms with Crippen molar-refractivity contribution >= 4 is 23.5 Å². The van der Waals surface area contributed by atoms with Gasteiger partial charge >= 0.3 is 0 Å². The molecule has 0 aromatic carbocycles. The fourth-order valence-electron chi connectivity index (χ4n) is 1.96. The monoisotopic (exact) mass is 340 g/mol. The van der Waals surface area contributed by atoms with Crippen molar-refractivity contribution in [3.8, 4) is 6.07 Å². The van der Waals surface area contributed by atoms with Gasteiger partial charge in [-0.15, -0.1) is 11.8 Å². The first kappa shape index (κ1) is 18.0. The summed E-state index contributed by atoms with van der Waals surface area (Å²) in [6, 6.07) is 9.50. The van der Waals surface area contributed by atoms with Gasteiger partial charge in [0.2, 0.25) is 5.91 Å². The lowest BCUT2D eigenvalue weighted by atomic mass is 10.1. The van der Waals surface area contributed by atoms with Gasteiger partial charge < -0.3 is 5.32 Å². The molecule has 0 aliphatic rings. The number of nitrogens with zero attached hydrogens (tertiary/aromatic N) is 3. The van der Waals surface area contributed by atoms with Gasteiger partial charge in [0.15, 0.2) is 0 Å². The number of hydrogen-bond donors (Lipinski definition) is 1. The van der Waals surface area contributed by atoms with Gasteiger partial charge in [0.1, 0.15) is 16.9 Å². The topological polar surface area (TPSA) is 78.7 Å². The Morgan fingerprint density at radius 1 is 1.33 bits per heavy atom. The van der Waals surface area contributed by atoms with Crippen LogP contribution in [0.15, 0.2) is 35.5 Å². The van der Waals surface area contributed by atoms with Crippen LogP contribution in [0.2, 0.25) is 0 Å². The minimum absolute atomic E-state index is 0.0997. The standard InChI is InChI=1S/C18H20N4OS/c1-12(2)15-6-5-14(10-19)18(21-15)24-9-8-17(23)22-16-7-4-13(3)11-20-16/h4-7,11-12H,8-9H2,1-3H3,(H,20,22,23). The molecule has 124 valence electrons. The number of aromatic nitrogens is 2. The molecule has 0 saturated heterocycles. The van der Waals surface area contributed by atoms with Crippen molar-refractivity contribution in [2.45, 2.75) is 38.1 Å². The van der Waals surface area contributed by atoms with Gasteiger partial charge in [-0.25, -0.2) is 9.97 Å². The van der Waals surface area contributed by atoms with Gasteiger partial charge in [0.25, 0.3) is 0 Å². The van der Waals surface area contributed by atoms with E-state index in [-0.39, 0.29) is 5.91 Å². The molecule has 24 heavy (non-hydrogen) atoms. The van der Waals surface area contributed by atoms with Crippen LogP contribution in [0.5, 0.6) is 0 Å². The Bertz CT molecular complexity index is 751. The Kier molecular flexibility index (Phi) is 6.33. The number of rotatable bonds is 6. The van der Waals surface area contributed by atoms with E-state index < -0.39 is 0 Å².